The molecule has 0 heterocycles. The van der Waals surface area contributed by atoms with Gasteiger partial charge in [-0.15, -0.1) is 0 Å². The predicted molar refractivity (Wildman–Crippen MR) is 105 cm³/mol. The number of hydrogen-bond acceptors (Lipinski definition) is 5. The number of ether oxygens (including phenoxy) is 2. The molecule has 0 radical (unpaired) electrons. The molecule has 0 saturated heterocycles. The molecule has 1 amide bonds. The number of hydrogen-bond donors (Lipinski definition) is 1. The van der Waals surface area contributed by atoms with Crippen molar-refractivity contribution in [3.63, 3.8) is 0 Å². The highest BCUT2D eigenvalue weighted by molar-refractivity contribution is 5.92. The Morgan fingerprint density at radius 1 is 1.15 bits per heavy atom. The van der Waals surface area contributed by atoms with E-state index in [0.717, 1.165) is 24.1 Å². The van der Waals surface area contributed by atoms with Crippen LogP contribution in [0.5, 0.6) is 11.5 Å². The number of oxime groups is 1. The molecule has 1 N–H and O–H groups in total. The Bertz CT molecular complexity index is 833. The van der Waals surface area contributed by atoms with Gasteiger partial charge in [-0.2, -0.15) is 0 Å². The maximum absolute atomic E-state index is 12.0. The standard InChI is InChI=1S/C21H24N2O4/c1-3-26-19-10-7-15(11-20(19)25-2)13-22-27-14-21(24)23-18-9-8-16-5-4-6-17(16)12-18/h7-13H,3-6,14H2,1-2H3,(H,23,24). The van der Waals surface area contributed by atoms with E-state index in [1.165, 1.54) is 23.8 Å². The van der Waals surface area contributed by atoms with E-state index in [9.17, 15) is 4.79 Å². The van der Waals surface area contributed by atoms with Crippen molar-refractivity contribution in [2.24, 2.45) is 5.16 Å². The smallest absolute Gasteiger partial charge is 0.265 e. The normalized spacial score (nSPS) is 12.7. The Morgan fingerprint density at radius 3 is 2.81 bits per heavy atom. The Kier molecular flexibility index (Phi) is 6.30. The van der Waals surface area contributed by atoms with Gasteiger partial charge in [0.15, 0.2) is 18.1 Å². The average Bonchev–Trinajstić information content (AvgIpc) is 3.14. The van der Waals surface area contributed by atoms with Crippen molar-refractivity contribution in [1.82, 2.24) is 0 Å². The van der Waals surface area contributed by atoms with Crippen molar-refractivity contribution in [2.45, 2.75) is 26.2 Å². The highest BCUT2D eigenvalue weighted by atomic mass is 16.6. The van der Waals surface area contributed by atoms with Gasteiger partial charge in [0.05, 0.1) is 19.9 Å². The quantitative estimate of drug-likeness (QED) is 0.571. The van der Waals surface area contributed by atoms with Crippen molar-refractivity contribution in [2.75, 3.05) is 25.6 Å². The second-order valence-electron chi connectivity index (χ2n) is 6.24. The van der Waals surface area contributed by atoms with Crippen LogP contribution in [0.2, 0.25) is 0 Å². The number of methoxy groups -OCH3 is 1. The van der Waals surface area contributed by atoms with Crippen LogP contribution in [0.4, 0.5) is 5.69 Å². The number of nitrogens with one attached hydrogen (secondary N) is 1. The first kappa shape index (κ1) is 18.8. The molecule has 6 heteroatoms. The first-order valence-electron chi connectivity index (χ1n) is 9.07. The molecule has 2 aromatic carbocycles. The Balaban J connectivity index is 1.49. The second-order valence-corrected chi connectivity index (χ2v) is 6.24. The first-order chi connectivity index (χ1) is 13.2. The highest BCUT2D eigenvalue weighted by Gasteiger charge is 2.12. The number of benzene rings is 2. The fourth-order valence-electron chi connectivity index (χ4n) is 3.08. The maximum Gasteiger partial charge on any atom is 0.265 e. The van der Waals surface area contributed by atoms with E-state index in [0.29, 0.717) is 18.1 Å². The van der Waals surface area contributed by atoms with Gasteiger partial charge in [-0.05, 0) is 67.6 Å². The fourth-order valence-corrected chi connectivity index (χ4v) is 3.08. The first-order valence-corrected chi connectivity index (χ1v) is 9.07. The molecule has 0 saturated carbocycles. The summed E-state index contributed by atoms with van der Waals surface area (Å²) in [5, 5.41) is 6.69. The van der Waals surface area contributed by atoms with Crippen LogP contribution in [0.3, 0.4) is 0 Å². The van der Waals surface area contributed by atoms with Crippen molar-refractivity contribution in [1.29, 1.82) is 0 Å². The molecule has 0 spiro atoms. The maximum atomic E-state index is 12.0. The molecular weight excluding hydrogens is 344 g/mol. The SMILES string of the molecule is CCOc1ccc(C=NOCC(=O)Nc2ccc3c(c2)CCC3)cc1OC. The van der Waals surface area contributed by atoms with E-state index < -0.39 is 0 Å². The summed E-state index contributed by atoms with van der Waals surface area (Å²) in [5.41, 5.74) is 4.27. The molecule has 1 aliphatic carbocycles. The molecule has 0 atom stereocenters. The number of amides is 1. The number of rotatable bonds is 8. The lowest BCUT2D eigenvalue weighted by Crippen LogP contribution is -2.17. The molecule has 0 bridgehead atoms. The third-order valence-electron chi connectivity index (χ3n) is 4.34. The number of aryl methyl sites for hydroxylation is 2. The summed E-state index contributed by atoms with van der Waals surface area (Å²) in [4.78, 5) is 17.1. The number of carbonyl (C=O) groups is 1. The molecule has 0 fully saturated rings. The zero-order chi connectivity index (χ0) is 19.1. The van der Waals surface area contributed by atoms with Gasteiger partial charge in [0.25, 0.3) is 5.91 Å². The monoisotopic (exact) mass is 368 g/mol. The topological polar surface area (TPSA) is 69.2 Å². The molecule has 0 unspecified atom stereocenters. The second kappa shape index (κ2) is 9.07. The van der Waals surface area contributed by atoms with Crippen molar-refractivity contribution in [3.8, 4) is 11.5 Å². The summed E-state index contributed by atoms with van der Waals surface area (Å²) in [7, 11) is 1.58. The zero-order valence-corrected chi connectivity index (χ0v) is 15.7. The Labute approximate surface area is 159 Å². The molecule has 3 rings (SSSR count). The zero-order valence-electron chi connectivity index (χ0n) is 15.7. The van der Waals surface area contributed by atoms with E-state index in [2.05, 4.69) is 16.5 Å². The molecule has 27 heavy (non-hydrogen) atoms. The number of nitrogens with zero attached hydrogens (tertiary/aromatic N) is 1. The van der Waals surface area contributed by atoms with Crippen LogP contribution in [-0.4, -0.2) is 32.4 Å². The van der Waals surface area contributed by atoms with Gasteiger partial charge in [0, 0.05) is 11.3 Å². The Morgan fingerprint density at radius 2 is 2.00 bits per heavy atom. The lowest BCUT2D eigenvalue weighted by Gasteiger charge is -2.09. The van der Waals surface area contributed by atoms with E-state index >= 15 is 0 Å². The minimum atomic E-state index is -0.241. The van der Waals surface area contributed by atoms with Crippen LogP contribution in [0, 0.1) is 0 Å². The van der Waals surface area contributed by atoms with E-state index in [1.54, 1.807) is 13.2 Å². The number of carbonyl (C=O) groups excluding carboxylic acids is 1. The van der Waals surface area contributed by atoms with Crippen LogP contribution in [0.25, 0.3) is 0 Å². The molecule has 0 aromatic heterocycles. The van der Waals surface area contributed by atoms with E-state index in [1.807, 2.05) is 31.2 Å². The van der Waals surface area contributed by atoms with Gasteiger partial charge in [-0.25, -0.2) is 0 Å². The van der Waals surface area contributed by atoms with Gasteiger partial charge in [0.2, 0.25) is 0 Å². The highest BCUT2D eigenvalue weighted by Crippen LogP contribution is 2.27. The van der Waals surface area contributed by atoms with Crippen LogP contribution in [0.1, 0.15) is 30.0 Å². The lowest BCUT2D eigenvalue weighted by atomic mass is 10.1. The molecule has 2 aromatic rings. The fraction of sp³-hybridized carbons (Fsp3) is 0.333. The predicted octanol–water partition coefficient (Wildman–Crippen LogP) is 3.57. The average molecular weight is 368 g/mol. The van der Waals surface area contributed by atoms with E-state index in [-0.39, 0.29) is 12.5 Å². The largest absolute Gasteiger partial charge is 0.493 e. The third-order valence-corrected chi connectivity index (χ3v) is 4.34. The van der Waals surface area contributed by atoms with E-state index in [4.69, 9.17) is 14.3 Å². The summed E-state index contributed by atoms with van der Waals surface area (Å²) >= 11 is 0. The summed E-state index contributed by atoms with van der Waals surface area (Å²) in [5.74, 6) is 1.05. The van der Waals surface area contributed by atoms with Crippen LogP contribution in [0.15, 0.2) is 41.6 Å². The van der Waals surface area contributed by atoms with Gasteiger partial charge >= 0.3 is 0 Å². The van der Waals surface area contributed by atoms with Crippen LogP contribution >= 0.6 is 0 Å². The number of fused-ring (bicyclic) bond motifs is 1. The van der Waals surface area contributed by atoms with Crippen molar-refractivity contribution >= 4 is 17.8 Å². The van der Waals surface area contributed by atoms with Gasteiger partial charge < -0.3 is 19.6 Å². The van der Waals surface area contributed by atoms with Crippen molar-refractivity contribution in [3.05, 3.63) is 53.1 Å². The van der Waals surface area contributed by atoms with Crippen LogP contribution in [-0.2, 0) is 22.5 Å². The third kappa shape index (κ3) is 5.00. The number of anilines is 1. The molecular formula is C21H24N2O4. The minimum Gasteiger partial charge on any atom is -0.493 e. The lowest BCUT2D eigenvalue weighted by molar-refractivity contribution is -0.120. The summed E-state index contributed by atoms with van der Waals surface area (Å²) < 4.78 is 10.8. The Hall–Kier alpha value is -3.02. The molecule has 0 aliphatic heterocycles. The molecule has 6 nitrogen and oxygen atoms in total. The van der Waals surface area contributed by atoms with Gasteiger partial charge in [0.1, 0.15) is 0 Å². The summed E-state index contributed by atoms with van der Waals surface area (Å²) in [6.45, 7) is 2.32. The summed E-state index contributed by atoms with van der Waals surface area (Å²) in [6, 6.07) is 11.5. The van der Waals surface area contributed by atoms with Gasteiger partial charge in [-0.1, -0.05) is 11.2 Å². The minimum absolute atomic E-state index is 0.151. The van der Waals surface area contributed by atoms with Crippen LogP contribution < -0.4 is 14.8 Å². The molecule has 142 valence electrons. The van der Waals surface area contributed by atoms with Gasteiger partial charge in [-0.3, -0.25) is 4.79 Å². The van der Waals surface area contributed by atoms with Crippen molar-refractivity contribution < 1.29 is 19.1 Å². The summed E-state index contributed by atoms with van der Waals surface area (Å²) in [6.07, 6.45) is 4.91. The molecule has 1 aliphatic rings.